The van der Waals surface area contributed by atoms with Crippen molar-refractivity contribution in [3.63, 3.8) is 0 Å². The van der Waals surface area contributed by atoms with Crippen LogP contribution in [0.3, 0.4) is 0 Å². The summed E-state index contributed by atoms with van der Waals surface area (Å²) in [6.45, 7) is 5.11. The minimum Gasteiger partial charge on any atom is -0.388 e. The third-order valence-corrected chi connectivity index (χ3v) is 4.52. The van der Waals surface area contributed by atoms with Gasteiger partial charge in [0.05, 0.1) is 10.1 Å². The fraction of sp³-hybridized carbons (Fsp3) is 0.643. The fourth-order valence-electron chi connectivity index (χ4n) is 2.33. The molecule has 1 heterocycles. The van der Waals surface area contributed by atoms with E-state index in [1.807, 2.05) is 12.1 Å². The summed E-state index contributed by atoms with van der Waals surface area (Å²) >= 11 is 3.45. The molecule has 0 bridgehead atoms. The molecule has 1 aromatic heterocycles. The van der Waals surface area contributed by atoms with E-state index in [1.54, 1.807) is 6.20 Å². The summed E-state index contributed by atoms with van der Waals surface area (Å²) in [5, 5.41) is 13.8. The maximum absolute atomic E-state index is 10.6. The van der Waals surface area contributed by atoms with Crippen molar-refractivity contribution in [2.45, 2.75) is 45.1 Å². The van der Waals surface area contributed by atoms with E-state index in [-0.39, 0.29) is 0 Å². The van der Waals surface area contributed by atoms with Crippen molar-refractivity contribution in [2.24, 2.45) is 5.41 Å². The van der Waals surface area contributed by atoms with Gasteiger partial charge in [0.15, 0.2) is 0 Å². The number of nitrogens with one attached hydrogen (secondary N) is 1. The van der Waals surface area contributed by atoms with Gasteiger partial charge in [0.25, 0.3) is 0 Å². The molecular weight excluding hydrogens is 292 g/mol. The van der Waals surface area contributed by atoms with Crippen LogP contribution in [-0.4, -0.2) is 22.2 Å². The van der Waals surface area contributed by atoms with Gasteiger partial charge in [-0.05, 0) is 59.2 Å². The van der Waals surface area contributed by atoms with Crippen LogP contribution in [-0.2, 0) is 0 Å². The van der Waals surface area contributed by atoms with Gasteiger partial charge in [-0.25, -0.2) is 4.98 Å². The Kier molecular flexibility index (Phi) is 3.97. The Labute approximate surface area is 117 Å². The molecule has 2 N–H and O–H groups in total. The van der Waals surface area contributed by atoms with E-state index < -0.39 is 5.60 Å². The molecule has 4 heteroatoms. The van der Waals surface area contributed by atoms with Crippen LogP contribution in [0, 0.1) is 5.41 Å². The van der Waals surface area contributed by atoms with Gasteiger partial charge < -0.3 is 10.4 Å². The molecule has 1 aliphatic carbocycles. The molecule has 0 aromatic carbocycles. The average Bonchev–Trinajstić information content (AvgIpc) is 2.33. The topological polar surface area (TPSA) is 45.1 Å². The molecule has 1 fully saturated rings. The summed E-state index contributed by atoms with van der Waals surface area (Å²) in [6, 6.07) is 3.83. The van der Waals surface area contributed by atoms with Gasteiger partial charge in [-0.3, -0.25) is 0 Å². The van der Waals surface area contributed by atoms with Crippen molar-refractivity contribution in [2.75, 3.05) is 11.9 Å². The zero-order chi connectivity index (χ0) is 13.2. The van der Waals surface area contributed by atoms with Gasteiger partial charge in [0.1, 0.15) is 5.82 Å². The Morgan fingerprint density at radius 2 is 2.00 bits per heavy atom. The van der Waals surface area contributed by atoms with Crippen molar-refractivity contribution < 1.29 is 5.11 Å². The lowest BCUT2D eigenvalue weighted by Gasteiger charge is -2.40. The summed E-state index contributed by atoms with van der Waals surface area (Å²) in [5.41, 5.74) is -0.218. The smallest absolute Gasteiger partial charge is 0.140 e. The summed E-state index contributed by atoms with van der Waals surface area (Å²) in [4.78, 5) is 4.25. The van der Waals surface area contributed by atoms with Gasteiger partial charge >= 0.3 is 0 Å². The number of aromatic nitrogens is 1. The SMILES string of the molecule is CC1(C)CCC(O)(CNc2ncccc2Br)CC1. The predicted octanol–water partition coefficient (Wildman–Crippen LogP) is 3.59. The molecule has 18 heavy (non-hydrogen) atoms. The molecule has 2 rings (SSSR count). The van der Waals surface area contributed by atoms with Crippen LogP contribution in [0.25, 0.3) is 0 Å². The lowest BCUT2D eigenvalue weighted by molar-refractivity contribution is -0.0146. The van der Waals surface area contributed by atoms with Crippen LogP contribution in [0.2, 0.25) is 0 Å². The number of hydrogen-bond acceptors (Lipinski definition) is 3. The van der Waals surface area contributed by atoms with Crippen molar-refractivity contribution in [1.29, 1.82) is 0 Å². The highest BCUT2D eigenvalue weighted by Gasteiger charge is 2.36. The van der Waals surface area contributed by atoms with Crippen LogP contribution in [0.1, 0.15) is 39.5 Å². The average molecular weight is 313 g/mol. The minimum absolute atomic E-state index is 0.373. The Balaban J connectivity index is 1.93. The zero-order valence-electron chi connectivity index (χ0n) is 11.0. The van der Waals surface area contributed by atoms with E-state index in [0.717, 1.165) is 36.0 Å². The lowest BCUT2D eigenvalue weighted by Crippen LogP contribution is -2.42. The first-order chi connectivity index (χ1) is 8.40. The number of anilines is 1. The van der Waals surface area contributed by atoms with E-state index in [0.29, 0.717) is 12.0 Å². The zero-order valence-corrected chi connectivity index (χ0v) is 12.6. The molecule has 1 aromatic rings. The monoisotopic (exact) mass is 312 g/mol. The molecular formula is C14H21BrN2O. The number of halogens is 1. The fourth-order valence-corrected chi connectivity index (χ4v) is 2.73. The van der Waals surface area contributed by atoms with Crippen LogP contribution in [0.15, 0.2) is 22.8 Å². The maximum Gasteiger partial charge on any atom is 0.140 e. The molecule has 100 valence electrons. The van der Waals surface area contributed by atoms with Crippen LogP contribution in [0.5, 0.6) is 0 Å². The van der Waals surface area contributed by atoms with Crippen LogP contribution < -0.4 is 5.32 Å². The van der Waals surface area contributed by atoms with Crippen molar-refractivity contribution in [3.05, 3.63) is 22.8 Å². The Morgan fingerprint density at radius 3 is 2.61 bits per heavy atom. The third kappa shape index (κ3) is 3.45. The van der Waals surface area contributed by atoms with E-state index in [9.17, 15) is 5.11 Å². The van der Waals surface area contributed by atoms with Gasteiger partial charge in [-0.1, -0.05) is 13.8 Å². The summed E-state index contributed by atoms with van der Waals surface area (Å²) in [6.07, 6.45) is 5.62. The number of nitrogens with zero attached hydrogens (tertiary/aromatic N) is 1. The van der Waals surface area contributed by atoms with Crippen LogP contribution >= 0.6 is 15.9 Å². The quantitative estimate of drug-likeness (QED) is 0.896. The number of hydrogen-bond donors (Lipinski definition) is 2. The number of pyridine rings is 1. The lowest BCUT2D eigenvalue weighted by atomic mass is 9.71. The first-order valence-electron chi connectivity index (χ1n) is 6.47. The summed E-state index contributed by atoms with van der Waals surface area (Å²) in [7, 11) is 0. The molecule has 0 saturated heterocycles. The van der Waals surface area contributed by atoms with E-state index in [1.165, 1.54) is 0 Å². The van der Waals surface area contributed by atoms with Gasteiger partial charge in [-0.15, -0.1) is 0 Å². The first kappa shape index (κ1) is 13.8. The molecule has 0 unspecified atom stereocenters. The Hall–Kier alpha value is -0.610. The van der Waals surface area contributed by atoms with Crippen LogP contribution in [0.4, 0.5) is 5.82 Å². The van der Waals surface area contributed by atoms with Crippen molar-refractivity contribution >= 4 is 21.7 Å². The van der Waals surface area contributed by atoms with Crippen molar-refractivity contribution in [1.82, 2.24) is 4.98 Å². The Bertz CT molecular complexity index is 410. The normalized spacial score (nSPS) is 21.6. The van der Waals surface area contributed by atoms with Crippen molar-refractivity contribution in [3.8, 4) is 0 Å². The van der Waals surface area contributed by atoms with E-state index >= 15 is 0 Å². The first-order valence-corrected chi connectivity index (χ1v) is 7.26. The van der Waals surface area contributed by atoms with Gasteiger partial charge in [0, 0.05) is 12.7 Å². The maximum atomic E-state index is 10.6. The molecule has 0 amide bonds. The molecule has 0 atom stereocenters. The highest BCUT2D eigenvalue weighted by Crippen LogP contribution is 2.40. The Morgan fingerprint density at radius 1 is 1.33 bits per heavy atom. The molecule has 0 aliphatic heterocycles. The summed E-state index contributed by atoms with van der Waals surface area (Å²) in [5.74, 6) is 0.802. The molecule has 1 aliphatic rings. The second-order valence-corrected chi connectivity index (χ2v) is 6.93. The summed E-state index contributed by atoms with van der Waals surface area (Å²) < 4.78 is 0.935. The van der Waals surface area contributed by atoms with Gasteiger partial charge in [-0.2, -0.15) is 0 Å². The second-order valence-electron chi connectivity index (χ2n) is 6.08. The number of rotatable bonds is 3. The second kappa shape index (κ2) is 5.17. The number of aliphatic hydroxyl groups is 1. The molecule has 0 spiro atoms. The standard InChI is InChI=1S/C14H21BrN2O/c1-13(2)5-7-14(18,8-6-13)10-17-12-11(15)4-3-9-16-12/h3-4,9,18H,5-8,10H2,1-2H3,(H,16,17). The largest absolute Gasteiger partial charge is 0.388 e. The highest BCUT2D eigenvalue weighted by molar-refractivity contribution is 9.10. The van der Waals surface area contributed by atoms with E-state index in [4.69, 9.17) is 0 Å². The van der Waals surface area contributed by atoms with E-state index in [2.05, 4.69) is 40.1 Å². The molecule has 3 nitrogen and oxygen atoms in total. The third-order valence-electron chi connectivity index (χ3n) is 3.88. The molecule has 0 radical (unpaired) electrons. The van der Waals surface area contributed by atoms with Gasteiger partial charge in [0.2, 0.25) is 0 Å². The predicted molar refractivity (Wildman–Crippen MR) is 77.6 cm³/mol. The highest BCUT2D eigenvalue weighted by atomic mass is 79.9. The minimum atomic E-state index is -0.591. The molecule has 1 saturated carbocycles.